The Morgan fingerprint density at radius 3 is 2.30 bits per heavy atom. The number of benzene rings is 1. The van der Waals surface area contributed by atoms with E-state index in [-0.39, 0.29) is 24.5 Å². The van der Waals surface area contributed by atoms with Gasteiger partial charge >= 0.3 is 5.91 Å². The maximum atomic E-state index is 11.7. The number of carbonyl (C=O) groups is 3. The highest BCUT2D eigenvalue weighted by atomic mass is 16.3. The van der Waals surface area contributed by atoms with Crippen molar-refractivity contribution in [2.75, 3.05) is 0 Å². The zero-order chi connectivity index (χ0) is 16.5. The summed E-state index contributed by atoms with van der Waals surface area (Å²) in [5.41, 5.74) is 5.41. The van der Waals surface area contributed by atoms with Crippen LogP contribution in [0.1, 0.15) is 29.0 Å². The molecule has 0 atom stereocenters. The normalized spacial score (nSPS) is 9.91. The van der Waals surface area contributed by atoms with Gasteiger partial charge in [0.25, 0.3) is 0 Å². The van der Waals surface area contributed by atoms with E-state index in [1.165, 1.54) is 12.3 Å². The number of hydrogen-bond acceptors (Lipinski definition) is 4. The molecule has 120 valence electrons. The molecule has 23 heavy (non-hydrogen) atoms. The highest BCUT2D eigenvalue weighted by Gasteiger charge is 2.10. The van der Waals surface area contributed by atoms with E-state index < -0.39 is 11.8 Å². The molecular weight excluding hydrogens is 298 g/mol. The molecule has 2 rings (SSSR count). The van der Waals surface area contributed by atoms with Gasteiger partial charge in [0, 0.05) is 19.4 Å². The van der Waals surface area contributed by atoms with E-state index in [1.54, 1.807) is 6.07 Å². The number of furan rings is 1. The Kier molecular flexibility index (Phi) is 5.93. The van der Waals surface area contributed by atoms with Crippen LogP contribution in [-0.4, -0.2) is 17.7 Å². The summed E-state index contributed by atoms with van der Waals surface area (Å²) in [6, 6.07) is 12.5. The molecule has 0 fully saturated rings. The van der Waals surface area contributed by atoms with Gasteiger partial charge in [0.1, 0.15) is 0 Å². The molecule has 7 nitrogen and oxygen atoms in total. The summed E-state index contributed by atoms with van der Waals surface area (Å²) in [5.74, 6) is -1.16. The third-order valence-electron chi connectivity index (χ3n) is 2.97. The van der Waals surface area contributed by atoms with Crippen LogP contribution in [-0.2, 0) is 16.1 Å². The van der Waals surface area contributed by atoms with Crippen LogP contribution in [0.4, 0.5) is 0 Å². The second-order valence-corrected chi connectivity index (χ2v) is 4.74. The molecule has 1 heterocycles. The van der Waals surface area contributed by atoms with E-state index in [9.17, 15) is 14.4 Å². The molecule has 0 aliphatic heterocycles. The van der Waals surface area contributed by atoms with Crippen molar-refractivity contribution in [2.24, 2.45) is 0 Å². The molecule has 0 saturated carbocycles. The number of hydrazine groups is 1. The van der Waals surface area contributed by atoms with Crippen LogP contribution >= 0.6 is 0 Å². The Hall–Kier alpha value is -3.09. The lowest BCUT2D eigenvalue weighted by atomic mass is 10.2. The molecule has 0 aliphatic rings. The average Bonchev–Trinajstić information content (AvgIpc) is 3.11. The van der Waals surface area contributed by atoms with Gasteiger partial charge in [-0.2, -0.15) is 0 Å². The highest BCUT2D eigenvalue weighted by molar-refractivity contribution is 5.93. The second-order valence-electron chi connectivity index (χ2n) is 4.74. The van der Waals surface area contributed by atoms with Gasteiger partial charge in [-0.25, -0.2) is 0 Å². The van der Waals surface area contributed by atoms with Crippen LogP contribution in [0.5, 0.6) is 0 Å². The van der Waals surface area contributed by atoms with Crippen LogP contribution in [0.2, 0.25) is 0 Å². The zero-order valence-corrected chi connectivity index (χ0v) is 12.4. The van der Waals surface area contributed by atoms with E-state index in [4.69, 9.17) is 4.42 Å². The van der Waals surface area contributed by atoms with Gasteiger partial charge in [-0.15, -0.1) is 0 Å². The van der Waals surface area contributed by atoms with Crippen molar-refractivity contribution in [3.8, 4) is 0 Å². The van der Waals surface area contributed by atoms with Gasteiger partial charge in [-0.3, -0.25) is 25.2 Å². The minimum absolute atomic E-state index is 0.0287. The molecule has 1 aromatic heterocycles. The fraction of sp³-hybridized carbons (Fsp3) is 0.188. The second kappa shape index (κ2) is 8.38. The van der Waals surface area contributed by atoms with Gasteiger partial charge in [-0.1, -0.05) is 30.3 Å². The van der Waals surface area contributed by atoms with Gasteiger partial charge in [0.05, 0.1) is 6.26 Å². The fourth-order valence-corrected chi connectivity index (χ4v) is 1.77. The lowest BCUT2D eigenvalue weighted by Gasteiger charge is -2.07. The third kappa shape index (κ3) is 5.66. The van der Waals surface area contributed by atoms with Crippen LogP contribution < -0.4 is 16.2 Å². The SMILES string of the molecule is O=C(CCC(=O)NNC(=O)c1ccco1)NCc1ccccc1. The Morgan fingerprint density at radius 1 is 0.870 bits per heavy atom. The molecule has 0 saturated heterocycles. The molecule has 0 bridgehead atoms. The van der Waals surface area contributed by atoms with E-state index in [2.05, 4.69) is 16.2 Å². The first-order valence-electron chi connectivity index (χ1n) is 7.08. The summed E-state index contributed by atoms with van der Waals surface area (Å²) in [5, 5.41) is 2.72. The predicted octanol–water partition coefficient (Wildman–Crippen LogP) is 1.14. The molecule has 0 aliphatic carbocycles. The van der Waals surface area contributed by atoms with Crippen LogP contribution in [0.15, 0.2) is 53.1 Å². The number of carbonyl (C=O) groups excluding carboxylic acids is 3. The maximum Gasteiger partial charge on any atom is 0.305 e. The summed E-state index contributed by atoms with van der Waals surface area (Å²) in [6.07, 6.45) is 1.36. The lowest BCUT2D eigenvalue weighted by Crippen LogP contribution is -2.41. The number of nitrogens with one attached hydrogen (secondary N) is 3. The summed E-state index contributed by atoms with van der Waals surface area (Å²) in [6.45, 7) is 0.413. The minimum Gasteiger partial charge on any atom is -0.459 e. The van der Waals surface area contributed by atoms with Gasteiger partial charge in [0.15, 0.2) is 5.76 Å². The van der Waals surface area contributed by atoms with Crippen molar-refractivity contribution in [3.05, 3.63) is 60.1 Å². The molecule has 2 aromatic rings. The molecular formula is C16H17N3O4. The zero-order valence-electron chi connectivity index (χ0n) is 12.4. The smallest absolute Gasteiger partial charge is 0.305 e. The van der Waals surface area contributed by atoms with Crippen molar-refractivity contribution >= 4 is 17.7 Å². The molecule has 0 radical (unpaired) electrons. The monoisotopic (exact) mass is 315 g/mol. The largest absolute Gasteiger partial charge is 0.459 e. The van der Waals surface area contributed by atoms with Crippen LogP contribution in [0.3, 0.4) is 0 Å². The Morgan fingerprint density at radius 2 is 1.61 bits per heavy atom. The maximum absolute atomic E-state index is 11.7. The summed E-state index contributed by atoms with van der Waals surface area (Å²) in [4.78, 5) is 34.7. The fourth-order valence-electron chi connectivity index (χ4n) is 1.77. The van der Waals surface area contributed by atoms with E-state index in [0.29, 0.717) is 6.54 Å². The first-order chi connectivity index (χ1) is 11.1. The summed E-state index contributed by atoms with van der Waals surface area (Å²) >= 11 is 0. The lowest BCUT2D eigenvalue weighted by molar-refractivity contribution is -0.126. The predicted molar refractivity (Wildman–Crippen MR) is 81.8 cm³/mol. The van der Waals surface area contributed by atoms with E-state index in [0.717, 1.165) is 5.56 Å². The van der Waals surface area contributed by atoms with Gasteiger partial charge < -0.3 is 9.73 Å². The first-order valence-corrected chi connectivity index (χ1v) is 7.08. The topological polar surface area (TPSA) is 100 Å². The molecule has 7 heteroatoms. The van der Waals surface area contributed by atoms with Gasteiger partial charge in [0.2, 0.25) is 11.8 Å². The van der Waals surface area contributed by atoms with Crippen molar-refractivity contribution in [3.63, 3.8) is 0 Å². The molecule has 0 spiro atoms. The highest BCUT2D eigenvalue weighted by Crippen LogP contribution is 1.99. The Balaban J connectivity index is 1.62. The van der Waals surface area contributed by atoms with Crippen molar-refractivity contribution in [1.82, 2.24) is 16.2 Å². The summed E-state index contributed by atoms with van der Waals surface area (Å²) < 4.78 is 4.87. The van der Waals surface area contributed by atoms with Crippen molar-refractivity contribution in [1.29, 1.82) is 0 Å². The van der Waals surface area contributed by atoms with E-state index in [1.807, 2.05) is 30.3 Å². The first kappa shape index (κ1) is 16.3. The standard InChI is InChI=1S/C16H17N3O4/c20-14(17-11-12-5-2-1-3-6-12)8-9-15(21)18-19-16(22)13-7-4-10-23-13/h1-7,10H,8-9,11H2,(H,17,20)(H,18,21)(H,19,22). The van der Waals surface area contributed by atoms with Gasteiger partial charge in [-0.05, 0) is 17.7 Å². The quantitative estimate of drug-likeness (QED) is 0.696. The Bertz CT molecular complexity index is 653. The molecule has 3 N–H and O–H groups in total. The third-order valence-corrected chi connectivity index (χ3v) is 2.97. The van der Waals surface area contributed by atoms with Crippen LogP contribution in [0, 0.1) is 0 Å². The average molecular weight is 315 g/mol. The number of amides is 3. The van der Waals surface area contributed by atoms with Crippen LogP contribution in [0.25, 0.3) is 0 Å². The number of hydrogen-bond donors (Lipinski definition) is 3. The molecule has 1 aromatic carbocycles. The summed E-state index contributed by atoms with van der Waals surface area (Å²) in [7, 11) is 0. The van der Waals surface area contributed by atoms with Crippen molar-refractivity contribution in [2.45, 2.75) is 19.4 Å². The molecule has 3 amide bonds. The minimum atomic E-state index is -0.558. The van der Waals surface area contributed by atoms with E-state index >= 15 is 0 Å². The Labute approximate surface area is 133 Å². The van der Waals surface area contributed by atoms with Crippen molar-refractivity contribution < 1.29 is 18.8 Å². The number of rotatable bonds is 6. The molecule has 0 unspecified atom stereocenters.